The number of ether oxygens (including phenoxy) is 3. The molecule has 0 radical (unpaired) electrons. The molecular formula is C37H40N2O4. The van der Waals surface area contributed by atoms with Gasteiger partial charge in [-0.2, -0.15) is 0 Å². The largest absolute Gasteiger partial charge is 0.497 e. The Morgan fingerprint density at radius 1 is 0.814 bits per heavy atom. The highest BCUT2D eigenvalue weighted by Crippen LogP contribution is 2.39. The van der Waals surface area contributed by atoms with Crippen LogP contribution in [-0.4, -0.2) is 31.2 Å². The van der Waals surface area contributed by atoms with Gasteiger partial charge in [-0.25, -0.2) is 0 Å². The zero-order chi connectivity index (χ0) is 30.2. The van der Waals surface area contributed by atoms with Crippen LogP contribution in [0.3, 0.4) is 0 Å². The molecule has 0 aliphatic carbocycles. The topological polar surface area (TPSA) is 61.7 Å². The maximum atomic E-state index is 13.3. The second-order valence-corrected chi connectivity index (χ2v) is 11.2. The lowest BCUT2D eigenvalue weighted by Crippen LogP contribution is -2.28. The van der Waals surface area contributed by atoms with Crippen molar-refractivity contribution >= 4 is 16.8 Å². The van der Waals surface area contributed by atoms with Crippen LogP contribution in [0, 0.1) is 5.92 Å². The molecule has 0 saturated heterocycles. The smallest absolute Gasteiger partial charge is 0.220 e. The van der Waals surface area contributed by atoms with Crippen molar-refractivity contribution in [2.24, 2.45) is 5.92 Å². The van der Waals surface area contributed by atoms with E-state index in [0.717, 1.165) is 33.3 Å². The van der Waals surface area contributed by atoms with Gasteiger partial charge in [0.25, 0.3) is 0 Å². The number of rotatable bonds is 13. The number of hydrogen-bond donors (Lipinski definition) is 1. The summed E-state index contributed by atoms with van der Waals surface area (Å²) in [5, 5.41) is 4.25. The summed E-state index contributed by atoms with van der Waals surface area (Å²) in [6.45, 7) is 5.98. The second-order valence-electron chi connectivity index (χ2n) is 11.2. The number of nitrogens with one attached hydrogen (secondary N) is 1. The summed E-state index contributed by atoms with van der Waals surface area (Å²) in [6.07, 6.45) is 2.51. The Kier molecular flexibility index (Phi) is 9.67. The van der Waals surface area contributed by atoms with E-state index < -0.39 is 0 Å². The number of fused-ring (bicyclic) bond motifs is 1. The SMILES string of the molecule is COc1ccc(Cn2cc([C@H](CC(=O)NCC(C)C)c3ccc(OCc4ccccc4)c(OC)c3)c3ccccc32)cc1. The summed E-state index contributed by atoms with van der Waals surface area (Å²) in [4.78, 5) is 13.3. The summed E-state index contributed by atoms with van der Waals surface area (Å²) in [5.74, 6) is 2.35. The molecule has 5 rings (SSSR count). The lowest BCUT2D eigenvalue weighted by Gasteiger charge is -2.20. The number of hydrogen-bond acceptors (Lipinski definition) is 4. The van der Waals surface area contributed by atoms with Gasteiger partial charge in [-0.05, 0) is 58.5 Å². The number of carbonyl (C=O) groups is 1. The van der Waals surface area contributed by atoms with Gasteiger partial charge in [0.15, 0.2) is 11.5 Å². The lowest BCUT2D eigenvalue weighted by atomic mass is 9.87. The van der Waals surface area contributed by atoms with E-state index in [9.17, 15) is 4.79 Å². The highest BCUT2D eigenvalue weighted by molar-refractivity contribution is 5.87. The molecule has 43 heavy (non-hydrogen) atoms. The monoisotopic (exact) mass is 576 g/mol. The predicted molar refractivity (Wildman–Crippen MR) is 172 cm³/mol. The van der Waals surface area contributed by atoms with Gasteiger partial charge in [0, 0.05) is 42.5 Å². The Bertz CT molecular complexity index is 1640. The van der Waals surface area contributed by atoms with Crippen molar-refractivity contribution in [1.29, 1.82) is 0 Å². The van der Waals surface area contributed by atoms with Crippen molar-refractivity contribution < 1.29 is 19.0 Å². The van der Waals surface area contributed by atoms with Crippen molar-refractivity contribution in [1.82, 2.24) is 9.88 Å². The molecule has 1 amide bonds. The normalized spacial score (nSPS) is 11.8. The first-order valence-corrected chi connectivity index (χ1v) is 14.8. The Labute approximate surface area is 254 Å². The molecule has 1 heterocycles. The average molecular weight is 577 g/mol. The van der Waals surface area contributed by atoms with Gasteiger partial charge in [0.1, 0.15) is 12.4 Å². The van der Waals surface area contributed by atoms with Gasteiger partial charge in [-0.1, -0.05) is 80.6 Å². The molecule has 0 unspecified atom stereocenters. The fraction of sp³-hybridized carbons (Fsp3) is 0.270. The molecule has 0 fully saturated rings. The molecule has 6 heteroatoms. The first-order valence-electron chi connectivity index (χ1n) is 14.8. The number of carbonyl (C=O) groups excluding carboxylic acids is 1. The fourth-order valence-electron chi connectivity index (χ4n) is 5.35. The lowest BCUT2D eigenvalue weighted by molar-refractivity contribution is -0.121. The minimum absolute atomic E-state index is 0.0223. The van der Waals surface area contributed by atoms with Crippen LogP contribution < -0.4 is 19.5 Å². The standard InChI is InChI=1S/C37H40N2O4/c1-26(2)22-38-37(40)21-32(29-16-19-35(36(20-29)42-4)43-25-28-10-6-5-7-11-28)33-24-39(34-13-9-8-12-31(33)34)23-27-14-17-30(41-3)18-15-27/h5-20,24,26,32H,21-23,25H2,1-4H3,(H,38,40)/t32-/m1/s1. The quantitative estimate of drug-likeness (QED) is 0.157. The third-order valence-electron chi connectivity index (χ3n) is 7.63. The summed E-state index contributed by atoms with van der Waals surface area (Å²) >= 11 is 0. The van der Waals surface area contributed by atoms with Crippen LogP contribution in [0.2, 0.25) is 0 Å². The molecule has 0 aliphatic heterocycles. The van der Waals surface area contributed by atoms with Gasteiger partial charge in [0.05, 0.1) is 14.2 Å². The van der Waals surface area contributed by atoms with Crippen molar-refractivity contribution in [3.05, 3.63) is 126 Å². The summed E-state index contributed by atoms with van der Waals surface area (Å²) in [7, 11) is 3.33. The molecule has 1 aromatic heterocycles. The molecule has 1 N–H and O–H groups in total. The van der Waals surface area contributed by atoms with Crippen LogP contribution in [-0.2, 0) is 17.9 Å². The fourth-order valence-corrected chi connectivity index (χ4v) is 5.35. The Morgan fingerprint density at radius 3 is 2.28 bits per heavy atom. The number of nitrogens with zero attached hydrogens (tertiary/aromatic N) is 1. The summed E-state index contributed by atoms with van der Waals surface area (Å²) in [6, 6.07) is 32.6. The number of amides is 1. The van der Waals surface area contributed by atoms with Crippen molar-refractivity contribution in [2.45, 2.75) is 39.3 Å². The minimum Gasteiger partial charge on any atom is -0.497 e. The van der Waals surface area contributed by atoms with Crippen molar-refractivity contribution in [3.8, 4) is 17.2 Å². The third-order valence-corrected chi connectivity index (χ3v) is 7.63. The molecule has 1 atom stereocenters. The van der Waals surface area contributed by atoms with Crippen LogP contribution in [0.15, 0.2) is 103 Å². The average Bonchev–Trinajstić information content (AvgIpc) is 3.40. The maximum Gasteiger partial charge on any atom is 0.220 e. The van der Waals surface area contributed by atoms with E-state index in [1.54, 1.807) is 14.2 Å². The summed E-state index contributed by atoms with van der Waals surface area (Å²) in [5.41, 5.74) is 5.47. The molecule has 0 aliphatic rings. The van der Waals surface area contributed by atoms with Crippen LogP contribution in [0.25, 0.3) is 10.9 Å². The molecule has 0 saturated carbocycles. The zero-order valence-corrected chi connectivity index (χ0v) is 25.4. The second kappa shape index (κ2) is 14.0. The van der Waals surface area contributed by atoms with Crippen molar-refractivity contribution in [2.75, 3.05) is 20.8 Å². The predicted octanol–water partition coefficient (Wildman–Crippen LogP) is 7.58. The minimum atomic E-state index is -0.189. The van der Waals surface area contributed by atoms with E-state index >= 15 is 0 Å². The van der Waals surface area contributed by atoms with Crippen LogP contribution in [0.4, 0.5) is 0 Å². The number of methoxy groups -OCH3 is 2. The molecule has 5 aromatic rings. The van der Waals surface area contributed by atoms with E-state index in [-0.39, 0.29) is 11.8 Å². The van der Waals surface area contributed by atoms with Crippen molar-refractivity contribution in [3.63, 3.8) is 0 Å². The maximum absolute atomic E-state index is 13.3. The Hall–Kier alpha value is -4.71. The molecule has 0 spiro atoms. The van der Waals surface area contributed by atoms with E-state index in [0.29, 0.717) is 43.5 Å². The number of aromatic nitrogens is 1. The van der Waals surface area contributed by atoms with Crippen LogP contribution in [0.1, 0.15) is 48.4 Å². The third kappa shape index (κ3) is 7.39. The molecule has 222 valence electrons. The van der Waals surface area contributed by atoms with Gasteiger partial charge < -0.3 is 24.1 Å². The first kappa shape index (κ1) is 29.8. The van der Waals surface area contributed by atoms with Crippen LogP contribution >= 0.6 is 0 Å². The summed E-state index contributed by atoms with van der Waals surface area (Å²) < 4.78 is 19.5. The number of para-hydroxylation sites is 1. The highest BCUT2D eigenvalue weighted by Gasteiger charge is 2.24. The van der Waals surface area contributed by atoms with E-state index in [4.69, 9.17) is 14.2 Å². The van der Waals surface area contributed by atoms with E-state index in [1.165, 1.54) is 5.56 Å². The van der Waals surface area contributed by atoms with E-state index in [2.05, 4.69) is 72.4 Å². The number of benzene rings is 4. The Morgan fingerprint density at radius 2 is 1.56 bits per heavy atom. The van der Waals surface area contributed by atoms with Gasteiger partial charge in [-0.15, -0.1) is 0 Å². The molecule has 6 nitrogen and oxygen atoms in total. The van der Waals surface area contributed by atoms with Gasteiger partial charge in [-0.3, -0.25) is 4.79 Å². The molecule has 0 bridgehead atoms. The highest BCUT2D eigenvalue weighted by atomic mass is 16.5. The van der Waals surface area contributed by atoms with Gasteiger partial charge >= 0.3 is 0 Å². The first-order chi connectivity index (χ1) is 20.9. The Balaban J connectivity index is 1.51. The zero-order valence-electron chi connectivity index (χ0n) is 25.4. The molecule has 4 aromatic carbocycles. The van der Waals surface area contributed by atoms with Gasteiger partial charge in [0.2, 0.25) is 5.91 Å². The van der Waals surface area contributed by atoms with Crippen LogP contribution in [0.5, 0.6) is 17.2 Å². The molecular weight excluding hydrogens is 536 g/mol. The van der Waals surface area contributed by atoms with E-state index in [1.807, 2.05) is 54.6 Å².